The van der Waals surface area contributed by atoms with Gasteiger partial charge in [-0.25, -0.2) is 9.59 Å². The Morgan fingerprint density at radius 2 is 1.87 bits per heavy atom. The summed E-state index contributed by atoms with van der Waals surface area (Å²) in [4.78, 5) is 21.9. The van der Waals surface area contributed by atoms with Gasteiger partial charge in [0.25, 0.3) is 0 Å². The molecule has 5 heteroatoms. The van der Waals surface area contributed by atoms with Crippen LogP contribution in [0.3, 0.4) is 0 Å². The number of esters is 2. The van der Waals surface area contributed by atoms with Crippen LogP contribution < -0.4 is 0 Å². The highest BCUT2D eigenvalue weighted by Crippen LogP contribution is 1.93. The average Bonchev–Trinajstić information content (AvgIpc) is 2.14. The fourth-order valence-corrected chi connectivity index (χ4v) is 0.931. The molecule has 0 atom stereocenters. The average molecular weight is 232 g/mol. The first kappa shape index (κ1) is 14.0. The van der Waals surface area contributed by atoms with E-state index in [0.29, 0.717) is 6.61 Å². The molecule has 0 unspecified atom stereocenters. The van der Waals surface area contributed by atoms with E-state index in [4.69, 9.17) is 9.47 Å². The maximum atomic E-state index is 11.0. The fourth-order valence-electron chi connectivity index (χ4n) is 0.681. The van der Waals surface area contributed by atoms with Gasteiger partial charge in [-0.15, -0.1) is 0 Å². The zero-order valence-electron chi connectivity index (χ0n) is 9.19. The molecule has 0 N–H and O–H groups in total. The van der Waals surface area contributed by atoms with E-state index in [1.165, 1.54) is 0 Å². The summed E-state index contributed by atoms with van der Waals surface area (Å²) in [7, 11) is 0. The third-order valence-corrected chi connectivity index (χ3v) is 1.81. The van der Waals surface area contributed by atoms with Crippen molar-refractivity contribution in [2.24, 2.45) is 0 Å². The maximum Gasteiger partial charge on any atom is 0.331 e. The van der Waals surface area contributed by atoms with Crippen LogP contribution in [0.25, 0.3) is 0 Å². The van der Waals surface area contributed by atoms with Crippen molar-refractivity contribution < 1.29 is 19.1 Å². The van der Waals surface area contributed by atoms with Crippen LogP contribution >= 0.6 is 11.8 Å². The summed E-state index contributed by atoms with van der Waals surface area (Å²) in [5.41, 5.74) is 0. The molecule has 0 aromatic heterocycles. The number of carbonyl (C=O) groups is 2. The molecule has 0 aliphatic heterocycles. The van der Waals surface area contributed by atoms with Gasteiger partial charge >= 0.3 is 11.9 Å². The predicted molar refractivity (Wildman–Crippen MR) is 59.7 cm³/mol. The minimum absolute atomic E-state index is 0.185. The summed E-state index contributed by atoms with van der Waals surface area (Å²) in [6.07, 6.45) is 3.88. The van der Waals surface area contributed by atoms with Gasteiger partial charge in [0.1, 0.15) is 6.61 Å². The number of carbonyl (C=O) groups excluding carboxylic acids is 2. The van der Waals surface area contributed by atoms with Crippen LogP contribution in [-0.4, -0.2) is 36.7 Å². The highest BCUT2D eigenvalue weighted by molar-refractivity contribution is 7.98. The Morgan fingerprint density at radius 1 is 1.27 bits per heavy atom. The lowest BCUT2D eigenvalue weighted by atomic mass is 10.4. The van der Waals surface area contributed by atoms with Crippen molar-refractivity contribution in [3.8, 4) is 0 Å². The maximum absolute atomic E-state index is 11.0. The second kappa shape index (κ2) is 8.35. The van der Waals surface area contributed by atoms with E-state index in [-0.39, 0.29) is 6.10 Å². The van der Waals surface area contributed by atoms with Gasteiger partial charge in [0.15, 0.2) is 0 Å². The lowest BCUT2D eigenvalue weighted by Gasteiger charge is -2.03. The molecule has 0 aromatic rings. The van der Waals surface area contributed by atoms with Crippen LogP contribution in [0, 0.1) is 0 Å². The van der Waals surface area contributed by atoms with Crippen molar-refractivity contribution in [3.63, 3.8) is 0 Å². The van der Waals surface area contributed by atoms with Crippen molar-refractivity contribution in [2.75, 3.05) is 18.6 Å². The number of rotatable bonds is 6. The molecule has 0 saturated heterocycles. The first-order valence-corrected chi connectivity index (χ1v) is 6.00. The third kappa shape index (κ3) is 9.34. The van der Waals surface area contributed by atoms with Crippen molar-refractivity contribution >= 4 is 23.7 Å². The molecule has 86 valence electrons. The molecule has 0 aliphatic carbocycles. The number of ether oxygens (including phenoxy) is 2. The zero-order valence-corrected chi connectivity index (χ0v) is 10.0. The van der Waals surface area contributed by atoms with Crippen LogP contribution in [-0.2, 0) is 19.1 Å². The molecule has 4 nitrogen and oxygen atoms in total. The SMILES string of the molecule is CSCCOC(=O)/C=C/C(=O)OC(C)C. The Balaban J connectivity index is 3.74. The summed E-state index contributed by atoms with van der Waals surface area (Å²) in [5.74, 6) is -0.313. The summed E-state index contributed by atoms with van der Waals surface area (Å²) in [5, 5.41) is 0. The topological polar surface area (TPSA) is 52.6 Å². The van der Waals surface area contributed by atoms with Gasteiger partial charge in [0.05, 0.1) is 6.10 Å². The van der Waals surface area contributed by atoms with Gasteiger partial charge in [-0.3, -0.25) is 0 Å². The van der Waals surface area contributed by atoms with Gasteiger partial charge < -0.3 is 9.47 Å². The largest absolute Gasteiger partial charge is 0.462 e. The second-order valence-electron chi connectivity index (χ2n) is 2.98. The minimum atomic E-state index is -0.535. The molecule has 0 bridgehead atoms. The minimum Gasteiger partial charge on any atom is -0.462 e. The molecular weight excluding hydrogens is 216 g/mol. The number of hydrogen-bond acceptors (Lipinski definition) is 5. The Hall–Kier alpha value is -0.970. The van der Waals surface area contributed by atoms with E-state index in [1.807, 2.05) is 6.26 Å². The van der Waals surface area contributed by atoms with E-state index in [9.17, 15) is 9.59 Å². The Labute approximate surface area is 94.0 Å². The predicted octanol–water partition coefficient (Wildman–Crippen LogP) is 1.40. The van der Waals surface area contributed by atoms with Crippen LogP contribution in [0.2, 0.25) is 0 Å². The molecule has 0 aromatic carbocycles. The molecular formula is C10H16O4S. The highest BCUT2D eigenvalue weighted by Gasteiger charge is 2.02. The molecule has 0 rings (SSSR count). The van der Waals surface area contributed by atoms with Crippen molar-refractivity contribution in [3.05, 3.63) is 12.2 Å². The van der Waals surface area contributed by atoms with Crippen LogP contribution in [0.15, 0.2) is 12.2 Å². The first-order chi connectivity index (χ1) is 7.06. The van der Waals surface area contributed by atoms with E-state index in [0.717, 1.165) is 17.9 Å². The van der Waals surface area contributed by atoms with Crippen LogP contribution in [0.4, 0.5) is 0 Å². The molecule has 0 radical (unpaired) electrons. The zero-order chi connectivity index (χ0) is 11.7. The lowest BCUT2D eigenvalue weighted by Crippen LogP contribution is -2.10. The number of hydrogen-bond donors (Lipinski definition) is 0. The second-order valence-corrected chi connectivity index (χ2v) is 3.96. The molecule has 0 fully saturated rings. The smallest absolute Gasteiger partial charge is 0.331 e. The van der Waals surface area contributed by atoms with Crippen molar-refractivity contribution in [2.45, 2.75) is 20.0 Å². The summed E-state index contributed by atoms with van der Waals surface area (Å²) < 4.78 is 9.57. The molecule has 0 saturated carbocycles. The lowest BCUT2D eigenvalue weighted by molar-refractivity contribution is -0.142. The summed E-state index contributed by atoms with van der Waals surface area (Å²) in [6, 6.07) is 0. The standard InChI is InChI=1S/C10H16O4S/c1-8(2)14-10(12)5-4-9(11)13-6-7-15-3/h4-5,8H,6-7H2,1-3H3/b5-4+. The molecule has 0 aliphatic rings. The molecule has 15 heavy (non-hydrogen) atoms. The van der Waals surface area contributed by atoms with Crippen LogP contribution in [0.1, 0.15) is 13.8 Å². The first-order valence-electron chi connectivity index (χ1n) is 4.60. The van der Waals surface area contributed by atoms with Crippen LogP contribution in [0.5, 0.6) is 0 Å². The Bertz CT molecular complexity index is 236. The summed E-state index contributed by atoms with van der Waals surface area (Å²) in [6.45, 7) is 3.83. The quantitative estimate of drug-likeness (QED) is 0.393. The van der Waals surface area contributed by atoms with Gasteiger partial charge in [-0.2, -0.15) is 11.8 Å². The van der Waals surface area contributed by atoms with E-state index in [2.05, 4.69) is 0 Å². The van der Waals surface area contributed by atoms with Gasteiger partial charge in [0.2, 0.25) is 0 Å². The molecule has 0 spiro atoms. The Kier molecular flexibility index (Phi) is 7.81. The highest BCUT2D eigenvalue weighted by atomic mass is 32.2. The number of thioether (sulfide) groups is 1. The fraction of sp³-hybridized carbons (Fsp3) is 0.600. The van der Waals surface area contributed by atoms with E-state index in [1.54, 1.807) is 25.6 Å². The van der Waals surface area contributed by atoms with Gasteiger partial charge in [0, 0.05) is 17.9 Å². The normalized spacial score (nSPS) is 10.7. The molecule has 0 heterocycles. The van der Waals surface area contributed by atoms with Crippen molar-refractivity contribution in [1.82, 2.24) is 0 Å². The van der Waals surface area contributed by atoms with Gasteiger partial charge in [-0.1, -0.05) is 0 Å². The van der Waals surface area contributed by atoms with E-state index >= 15 is 0 Å². The Morgan fingerprint density at radius 3 is 2.40 bits per heavy atom. The third-order valence-electron chi connectivity index (χ3n) is 1.24. The van der Waals surface area contributed by atoms with Gasteiger partial charge in [-0.05, 0) is 20.1 Å². The molecule has 0 amide bonds. The van der Waals surface area contributed by atoms with Crippen molar-refractivity contribution in [1.29, 1.82) is 0 Å². The van der Waals surface area contributed by atoms with E-state index < -0.39 is 11.9 Å². The monoisotopic (exact) mass is 232 g/mol. The summed E-state index contributed by atoms with van der Waals surface area (Å²) >= 11 is 1.58.